The number of carbonyl (C=O) groups is 1. The second-order valence-electron chi connectivity index (χ2n) is 5.71. The Kier molecular flexibility index (Phi) is 6.33. The molecule has 0 N–H and O–H groups in total. The van der Waals surface area contributed by atoms with Gasteiger partial charge in [0.15, 0.2) is 0 Å². The second kappa shape index (κ2) is 7.42. The van der Waals surface area contributed by atoms with E-state index in [0.717, 1.165) is 26.2 Å². The first-order valence-electron chi connectivity index (χ1n) is 7.37. The van der Waals surface area contributed by atoms with Gasteiger partial charge in [-0.1, -0.05) is 12.1 Å². The Bertz CT molecular complexity index is 625. The average molecular weight is 390 g/mol. The zero-order valence-corrected chi connectivity index (χ0v) is 14.1. The van der Waals surface area contributed by atoms with E-state index in [4.69, 9.17) is 9.47 Å². The molecule has 148 valence electrons. The van der Waals surface area contributed by atoms with Gasteiger partial charge in [0.2, 0.25) is 0 Å². The lowest BCUT2D eigenvalue weighted by Gasteiger charge is -2.38. The predicted octanol–water partition coefficient (Wildman–Crippen LogP) is 4.95. The van der Waals surface area contributed by atoms with Crippen molar-refractivity contribution in [3.05, 3.63) is 35.4 Å². The highest BCUT2D eigenvalue weighted by Crippen LogP contribution is 2.52. The van der Waals surface area contributed by atoms with E-state index in [9.17, 15) is 35.5 Å². The third-order valence-corrected chi connectivity index (χ3v) is 3.91. The minimum absolute atomic E-state index is 0.0142. The summed E-state index contributed by atoms with van der Waals surface area (Å²) in [6.07, 6.45) is -14.5. The Morgan fingerprint density at radius 2 is 1.58 bits per heavy atom. The topological polar surface area (TPSA) is 35.5 Å². The summed E-state index contributed by atoms with van der Waals surface area (Å²) in [4.78, 5) is 11.7. The Labute approximate surface area is 145 Å². The Morgan fingerprint density at radius 1 is 1.04 bits per heavy atom. The largest absolute Gasteiger partial charge is 0.462 e. The maximum atomic E-state index is 14.1. The summed E-state index contributed by atoms with van der Waals surface area (Å²) < 4.78 is 101. The number of carbonyl (C=O) groups excluding carboxylic acids is 1. The van der Waals surface area contributed by atoms with E-state index >= 15 is 0 Å². The molecule has 0 spiro atoms. The fourth-order valence-electron chi connectivity index (χ4n) is 2.31. The molecule has 0 bridgehead atoms. The van der Waals surface area contributed by atoms with Crippen molar-refractivity contribution in [1.29, 1.82) is 0 Å². The summed E-state index contributed by atoms with van der Waals surface area (Å²) in [5, 5.41) is 0. The molecule has 26 heavy (non-hydrogen) atoms. The van der Waals surface area contributed by atoms with Crippen LogP contribution in [0.15, 0.2) is 24.3 Å². The molecule has 0 aliphatic carbocycles. The van der Waals surface area contributed by atoms with Gasteiger partial charge in [-0.2, -0.15) is 26.3 Å². The number of methoxy groups -OCH3 is 1. The van der Waals surface area contributed by atoms with Crippen LogP contribution in [-0.4, -0.2) is 37.7 Å². The standard InChI is InChI=1S/C16H17F7O3/c1-4-26-12(24)10-6-5-7-11(8-10)13(2,25-3)9-14(17,15(18,19)20)16(21,22)23/h5-8H,4,9H2,1-3H3. The van der Waals surface area contributed by atoms with Gasteiger partial charge in [0.25, 0.3) is 0 Å². The minimum atomic E-state index is -6.20. The van der Waals surface area contributed by atoms with Gasteiger partial charge in [0.1, 0.15) is 0 Å². The van der Waals surface area contributed by atoms with E-state index < -0.39 is 36.0 Å². The van der Waals surface area contributed by atoms with E-state index in [-0.39, 0.29) is 17.7 Å². The van der Waals surface area contributed by atoms with E-state index in [1.165, 1.54) is 19.1 Å². The lowest BCUT2D eigenvalue weighted by molar-refractivity contribution is -0.353. The molecule has 0 saturated heterocycles. The first-order valence-corrected chi connectivity index (χ1v) is 7.37. The van der Waals surface area contributed by atoms with Crippen molar-refractivity contribution in [2.75, 3.05) is 13.7 Å². The smallest absolute Gasteiger partial charge is 0.431 e. The van der Waals surface area contributed by atoms with E-state index in [1.54, 1.807) is 0 Å². The maximum absolute atomic E-state index is 14.1. The van der Waals surface area contributed by atoms with Crippen molar-refractivity contribution in [3.63, 3.8) is 0 Å². The number of halogens is 7. The average Bonchev–Trinajstić information content (AvgIpc) is 2.53. The van der Waals surface area contributed by atoms with Crippen LogP contribution < -0.4 is 0 Å². The predicted molar refractivity (Wildman–Crippen MR) is 77.3 cm³/mol. The van der Waals surface area contributed by atoms with Gasteiger partial charge in [0.05, 0.1) is 17.8 Å². The quantitative estimate of drug-likeness (QED) is 0.510. The van der Waals surface area contributed by atoms with Gasteiger partial charge >= 0.3 is 24.0 Å². The monoisotopic (exact) mass is 390 g/mol. The molecule has 0 aliphatic rings. The van der Waals surface area contributed by atoms with Gasteiger partial charge in [-0.05, 0) is 31.5 Å². The zero-order chi connectivity index (χ0) is 20.4. The van der Waals surface area contributed by atoms with Crippen molar-refractivity contribution < 1.29 is 45.0 Å². The maximum Gasteiger partial charge on any atom is 0.431 e. The van der Waals surface area contributed by atoms with E-state index in [0.29, 0.717) is 0 Å². The number of hydrogen-bond donors (Lipinski definition) is 0. The lowest BCUT2D eigenvalue weighted by atomic mass is 9.82. The Morgan fingerprint density at radius 3 is 2.00 bits per heavy atom. The summed E-state index contributed by atoms with van der Waals surface area (Å²) >= 11 is 0. The molecular weight excluding hydrogens is 373 g/mol. The van der Waals surface area contributed by atoms with Gasteiger partial charge in [0, 0.05) is 13.5 Å². The van der Waals surface area contributed by atoms with Crippen LogP contribution in [0.3, 0.4) is 0 Å². The van der Waals surface area contributed by atoms with Crippen molar-refractivity contribution in [3.8, 4) is 0 Å². The first kappa shape index (κ1) is 22.2. The molecule has 1 aromatic carbocycles. The number of rotatable bonds is 6. The SMILES string of the molecule is CCOC(=O)c1cccc(C(C)(CC(F)(C(F)(F)F)C(F)(F)F)OC)c1. The number of benzene rings is 1. The number of esters is 1. The third kappa shape index (κ3) is 4.28. The molecule has 3 nitrogen and oxygen atoms in total. The van der Waals surface area contributed by atoms with Crippen molar-refractivity contribution >= 4 is 5.97 Å². The first-order chi connectivity index (χ1) is 11.7. The highest BCUT2D eigenvalue weighted by atomic mass is 19.4. The molecule has 0 heterocycles. The molecule has 10 heteroatoms. The van der Waals surface area contributed by atoms with Crippen LogP contribution in [0.2, 0.25) is 0 Å². The molecule has 0 aliphatic heterocycles. The highest BCUT2D eigenvalue weighted by molar-refractivity contribution is 5.89. The fraction of sp³-hybridized carbons (Fsp3) is 0.562. The van der Waals surface area contributed by atoms with Crippen molar-refractivity contribution in [2.45, 2.75) is 43.9 Å². The normalized spacial score (nSPS) is 15.5. The second-order valence-corrected chi connectivity index (χ2v) is 5.71. The molecular formula is C16H17F7O3. The molecule has 0 saturated carbocycles. The highest BCUT2D eigenvalue weighted by Gasteiger charge is 2.74. The van der Waals surface area contributed by atoms with Crippen LogP contribution in [0, 0.1) is 0 Å². The Hall–Kier alpha value is -1.84. The summed E-state index contributed by atoms with van der Waals surface area (Å²) in [5.41, 5.74) is -8.16. The Balaban J connectivity index is 3.39. The van der Waals surface area contributed by atoms with Crippen molar-refractivity contribution in [1.82, 2.24) is 0 Å². The molecule has 1 aromatic rings. The number of ether oxygens (including phenoxy) is 2. The zero-order valence-electron chi connectivity index (χ0n) is 14.1. The number of hydrogen-bond acceptors (Lipinski definition) is 3. The van der Waals surface area contributed by atoms with Gasteiger partial charge in [-0.25, -0.2) is 9.18 Å². The van der Waals surface area contributed by atoms with Gasteiger partial charge < -0.3 is 9.47 Å². The van der Waals surface area contributed by atoms with Crippen LogP contribution in [0.25, 0.3) is 0 Å². The lowest BCUT2D eigenvalue weighted by Crippen LogP contribution is -2.56. The third-order valence-electron chi connectivity index (χ3n) is 3.91. The van der Waals surface area contributed by atoms with E-state index in [2.05, 4.69) is 0 Å². The van der Waals surface area contributed by atoms with Crippen LogP contribution >= 0.6 is 0 Å². The molecule has 1 rings (SSSR count). The summed E-state index contributed by atoms with van der Waals surface area (Å²) in [6.45, 7) is 2.41. The molecule has 0 radical (unpaired) electrons. The van der Waals surface area contributed by atoms with E-state index in [1.807, 2.05) is 0 Å². The van der Waals surface area contributed by atoms with Crippen molar-refractivity contribution in [2.24, 2.45) is 0 Å². The summed E-state index contributed by atoms with van der Waals surface area (Å²) in [5.74, 6) is -0.828. The molecule has 0 amide bonds. The van der Waals surface area contributed by atoms with Crippen LogP contribution in [0.5, 0.6) is 0 Å². The fourth-order valence-corrected chi connectivity index (χ4v) is 2.31. The van der Waals surface area contributed by atoms with Gasteiger partial charge in [-0.15, -0.1) is 0 Å². The molecule has 0 fully saturated rings. The summed E-state index contributed by atoms with van der Waals surface area (Å²) in [6, 6.07) is 4.63. The minimum Gasteiger partial charge on any atom is -0.462 e. The molecule has 0 aromatic heterocycles. The molecule has 1 atom stereocenters. The number of alkyl halides is 7. The molecule has 1 unspecified atom stereocenters. The van der Waals surface area contributed by atoms with Crippen LogP contribution in [0.4, 0.5) is 30.7 Å². The summed E-state index contributed by atoms with van der Waals surface area (Å²) in [7, 11) is 0.851. The van der Waals surface area contributed by atoms with Gasteiger partial charge in [-0.3, -0.25) is 0 Å². The van der Waals surface area contributed by atoms with Crippen LogP contribution in [0.1, 0.15) is 36.2 Å². The van der Waals surface area contributed by atoms with Crippen LogP contribution in [-0.2, 0) is 15.1 Å².